The van der Waals surface area contributed by atoms with Crippen molar-refractivity contribution in [1.29, 1.82) is 0 Å². The second kappa shape index (κ2) is 6.58. The maximum absolute atomic E-state index is 11.8. The van der Waals surface area contributed by atoms with E-state index in [1.807, 2.05) is 0 Å². The van der Waals surface area contributed by atoms with Crippen LogP contribution in [0.5, 0.6) is 0 Å². The van der Waals surface area contributed by atoms with Crippen LogP contribution in [0.15, 0.2) is 29.2 Å². The minimum atomic E-state index is -3.18. The number of carbonyl (C=O) groups is 1. The zero-order chi connectivity index (χ0) is 15.5. The molecular formula is C15H22N2O3S. The van der Waals surface area contributed by atoms with Crippen LogP contribution in [0.3, 0.4) is 0 Å². The first-order valence-corrected chi connectivity index (χ1v) is 8.91. The van der Waals surface area contributed by atoms with Crippen molar-refractivity contribution in [3.63, 3.8) is 0 Å². The van der Waals surface area contributed by atoms with E-state index in [0.29, 0.717) is 17.4 Å². The van der Waals surface area contributed by atoms with Gasteiger partial charge < -0.3 is 11.1 Å². The van der Waals surface area contributed by atoms with Gasteiger partial charge in [-0.1, -0.05) is 19.1 Å². The summed E-state index contributed by atoms with van der Waals surface area (Å²) in [6.45, 7) is 2.12. The molecule has 0 heterocycles. The Morgan fingerprint density at radius 3 is 2.48 bits per heavy atom. The Labute approximate surface area is 125 Å². The van der Waals surface area contributed by atoms with Crippen LogP contribution in [0.25, 0.3) is 0 Å². The zero-order valence-electron chi connectivity index (χ0n) is 12.2. The van der Waals surface area contributed by atoms with Crippen molar-refractivity contribution in [2.45, 2.75) is 37.1 Å². The Morgan fingerprint density at radius 1 is 1.33 bits per heavy atom. The summed E-state index contributed by atoms with van der Waals surface area (Å²) < 4.78 is 23.4. The highest BCUT2D eigenvalue weighted by Crippen LogP contribution is 2.31. The number of hydrogen-bond acceptors (Lipinski definition) is 4. The van der Waals surface area contributed by atoms with Gasteiger partial charge in [0.2, 0.25) is 5.91 Å². The molecule has 0 aromatic heterocycles. The lowest BCUT2D eigenvalue weighted by Gasteiger charge is -2.11. The number of carbonyl (C=O) groups excluding carboxylic acids is 1. The van der Waals surface area contributed by atoms with Crippen molar-refractivity contribution in [1.82, 2.24) is 5.32 Å². The van der Waals surface area contributed by atoms with E-state index in [1.165, 1.54) is 0 Å². The average molecular weight is 310 g/mol. The molecule has 1 amide bonds. The van der Waals surface area contributed by atoms with Crippen molar-refractivity contribution < 1.29 is 13.2 Å². The predicted octanol–water partition coefficient (Wildman–Crippen LogP) is 0.876. The summed E-state index contributed by atoms with van der Waals surface area (Å²) in [6, 6.07) is 6.52. The van der Waals surface area contributed by atoms with E-state index in [0.717, 1.165) is 18.4 Å². The summed E-state index contributed by atoms with van der Waals surface area (Å²) in [6.07, 6.45) is 2.55. The van der Waals surface area contributed by atoms with Gasteiger partial charge in [-0.2, -0.15) is 0 Å². The highest BCUT2D eigenvalue weighted by molar-refractivity contribution is 7.91. The minimum absolute atomic E-state index is 0.0472. The molecular weight excluding hydrogens is 288 g/mol. The lowest BCUT2D eigenvalue weighted by Crippen LogP contribution is -2.39. The number of hydrogen-bond donors (Lipinski definition) is 2. The Kier molecular flexibility index (Phi) is 5.00. The normalized spacial score (nSPS) is 16.5. The van der Waals surface area contributed by atoms with Gasteiger partial charge in [0.1, 0.15) is 0 Å². The molecule has 3 N–H and O–H groups in total. The maximum atomic E-state index is 11.8. The van der Waals surface area contributed by atoms with Gasteiger partial charge >= 0.3 is 0 Å². The molecule has 2 rings (SSSR count). The topological polar surface area (TPSA) is 89.3 Å². The van der Waals surface area contributed by atoms with Crippen LogP contribution >= 0.6 is 0 Å². The van der Waals surface area contributed by atoms with Crippen LogP contribution in [0.2, 0.25) is 0 Å². The molecule has 0 spiro atoms. The third kappa shape index (κ3) is 4.54. The Balaban J connectivity index is 1.86. The molecule has 21 heavy (non-hydrogen) atoms. The Hall–Kier alpha value is -1.40. The fourth-order valence-electron chi connectivity index (χ4n) is 2.15. The standard InChI is InChI=1S/C15H22N2O3S/c1-2-21(19,20)13-7-3-11(4-8-13)9-15(18)17-10-14(16)12-5-6-12/h3-4,7-8,12,14H,2,5-6,9-10,16H2,1H3,(H,17,18). The van der Waals surface area contributed by atoms with Crippen LogP contribution in [-0.2, 0) is 21.1 Å². The highest BCUT2D eigenvalue weighted by Gasteiger charge is 2.28. The van der Waals surface area contributed by atoms with E-state index >= 15 is 0 Å². The molecule has 1 saturated carbocycles. The van der Waals surface area contributed by atoms with Gasteiger partial charge in [-0.3, -0.25) is 4.79 Å². The first-order valence-electron chi connectivity index (χ1n) is 7.26. The van der Waals surface area contributed by atoms with Gasteiger partial charge in [-0.15, -0.1) is 0 Å². The van der Waals surface area contributed by atoms with Crippen LogP contribution in [0, 0.1) is 5.92 Å². The molecule has 0 aliphatic heterocycles. The van der Waals surface area contributed by atoms with Crippen LogP contribution in [-0.4, -0.2) is 32.7 Å². The third-order valence-electron chi connectivity index (χ3n) is 3.79. The molecule has 0 saturated heterocycles. The van der Waals surface area contributed by atoms with Crippen molar-refractivity contribution >= 4 is 15.7 Å². The summed E-state index contributed by atoms with van der Waals surface area (Å²) in [7, 11) is -3.18. The zero-order valence-corrected chi connectivity index (χ0v) is 13.0. The molecule has 1 atom stereocenters. The summed E-state index contributed by atoms with van der Waals surface area (Å²) in [4.78, 5) is 12.1. The van der Waals surface area contributed by atoms with Gasteiger partial charge in [0.05, 0.1) is 17.1 Å². The van der Waals surface area contributed by atoms with Crippen LogP contribution < -0.4 is 11.1 Å². The number of amides is 1. The molecule has 1 aromatic carbocycles. The molecule has 1 unspecified atom stereocenters. The van der Waals surface area contributed by atoms with E-state index in [4.69, 9.17) is 5.73 Å². The molecule has 116 valence electrons. The van der Waals surface area contributed by atoms with Gasteiger partial charge in [-0.25, -0.2) is 8.42 Å². The van der Waals surface area contributed by atoms with E-state index in [-0.39, 0.29) is 24.1 Å². The van der Waals surface area contributed by atoms with Crippen molar-refractivity contribution in [2.24, 2.45) is 11.7 Å². The fourth-order valence-corrected chi connectivity index (χ4v) is 3.04. The van der Waals surface area contributed by atoms with Gasteiger partial charge in [0, 0.05) is 12.6 Å². The quantitative estimate of drug-likeness (QED) is 0.782. The summed E-state index contributed by atoms with van der Waals surface area (Å²) >= 11 is 0. The Morgan fingerprint density at radius 2 is 1.95 bits per heavy atom. The lowest BCUT2D eigenvalue weighted by atomic mass is 10.1. The molecule has 1 aromatic rings. The van der Waals surface area contributed by atoms with E-state index in [2.05, 4.69) is 5.32 Å². The molecule has 0 radical (unpaired) electrons. The average Bonchev–Trinajstić information content (AvgIpc) is 3.30. The first-order chi connectivity index (χ1) is 9.92. The number of nitrogens with one attached hydrogen (secondary N) is 1. The molecule has 0 bridgehead atoms. The monoisotopic (exact) mass is 310 g/mol. The third-order valence-corrected chi connectivity index (χ3v) is 5.54. The largest absolute Gasteiger partial charge is 0.354 e. The number of nitrogens with two attached hydrogens (primary N) is 1. The van der Waals surface area contributed by atoms with Crippen molar-refractivity contribution in [2.75, 3.05) is 12.3 Å². The molecule has 1 aliphatic carbocycles. The number of rotatable bonds is 7. The van der Waals surface area contributed by atoms with E-state index in [1.54, 1.807) is 31.2 Å². The number of sulfone groups is 1. The van der Waals surface area contributed by atoms with Crippen molar-refractivity contribution in [3.8, 4) is 0 Å². The fraction of sp³-hybridized carbons (Fsp3) is 0.533. The lowest BCUT2D eigenvalue weighted by molar-refractivity contribution is -0.120. The first kappa shape index (κ1) is 16.0. The van der Waals surface area contributed by atoms with Crippen molar-refractivity contribution in [3.05, 3.63) is 29.8 Å². The maximum Gasteiger partial charge on any atom is 0.224 e. The van der Waals surface area contributed by atoms with E-state index < -0.39 is 9.84 Å². The predicted molar refractivity (Wildman–Crippen MR) is 81.6 cm³/mol. The molecule has 1 fully saturated rings. The van der Waals surface area contributed by atoms with Crippen LogP contribution in [0.4, 0.5) is 0 Å². The minimum Gasteiger partial charge on any atom is -0.354 e. The van der Waals surface area contributed by atoms with Gasteiger partial charge in [-0.05, 0) is 36.5 Å². The number of benzene rings is 1. The van der Waals surface area contributed by atoms with E-state index in [9.17, 15) is 13.2 Å². The van der Waals surface area contributed by atoms with Gasteiger partial charge in [0.15, 0.2) is 9.84 Å². The summed E-state index contributed by atoms with van der Waals surface area (Å²) in [5.41, 5.74) is 6.72. The highest BCUT2D eigenvalue weighted by atomic mass is 32.2. The SMILES string of the molecule is CCS(=O)(=O)c1ccc(CC(=O)NCC(N)C2CC2)cc1. The van der Waals surface area contributed by atoms with Crippen LogP contribution in [0.1, 0.15) is 25.3 Å². The second-order valence-corrected chi connectivity index (χ2v) is 7.81. The summed E-state index contributed by atoms with van der Waals surface area (Å²) in [5, 5.41) is 2.83. The smallest absolute Gasteiger partial charge is 0.224 e. The van der Waals surface area contributed by atoms with Gasteiger partial charge in [0.25, 0.3) is 0 Å². The molecule has 6 heteroatoms. The second-order valence-electron chi connectivity index (χ2n) is 5.53. The summed E-state index contributed by atoms with van der Waals surface area (Å²) in [5.74, 6) is 0.548. The molecule has 1 aliphatic rings. The Bertz CT molecular complexity index is 592. The molecule has 5 nitrogen and oxygen atoms in total.